The summed E-state index contributed by atoms with van der Waals surface area (Å²) in [4.78, 5) is 11.3. The molecular weight excluding hydrogens is 347 g/mol. The number of hydrogen-bond donors (Lipinski definition) is 1. The van der Waals surface area contributed by atoms with Crippen LogP contribution in [0.25, 0.3) is 0 Å². The summed E-state index contributed by atoms with van der Waals surface area (Å²) in [6, 6.07) is 3.71. The van der Waals surface area contributed by atoms with Crippen molar-refractivity contribution in [2.75, 3.05) is 12.0 Å². The van der Waals surface area contributed by atoms with Gasteiger partial charge >= 0.3 is 6.18 Å². The summed E-state index contributed by atoms with van der Waals surface area (Å²) in [6.07, 6.45) is -3.14. The fourth-order valence-electron chi connectivity index (χ4n) is 1.40. The Morgan fingerprint density at radius 2 is 2.11 bits per heavy atom. The number of rotatable bonds is 4. The van der Waals surface area contributed by atoms with E-state index in [0.29, 0.717) is 4.47 Å². The molecule has 0 aliphatic heterocycles. The van der Waals surface area contributed by atoms with Crippen molar-refractivity contribution in [2.45, 2.75) is 12.7 Å². The first-order chi connectivity index (χ1) is 8.70. The minimum absolute atomic E-state index is 0.0362. The Bertz CT molecular complexity index is 466. The van der Waals surface area contributed by atoms with Crippen LogP contribution in [0.2, 0.25) is 0 Å². The van der Waals surface area contributed by atoms with Gasteiger partial charge in [-0.3, -0.25) is 4.79 Å². The molecule has 0 radical (unpaired) electrons. The molecule has 8 heteroatoms. The molecule has 1 aromatic carbocycles. The van der Waals surface area contributed by atoms with E-state index in [1.54, 1.807) is 0 Å². The van der Waals surface area contributed by atoms with Gasteiger partial charge in [-0.05, 0) is 28.9 Å². The van der Waals surface area contributed by atoms with Gasteiger partial charge in [-0.25, -0.2) is 0 Å². The van der Waals surface area contributed by atoms with Gasteiger partial charge in [-0.15, -0.1) is 0 Å². The molecular formula is C11H11BrF3NO2S. The Morgan fingerprint density at radius 1 is 1.47 bits per heavy atom. The van der Waals surface area contributed by atoms with Crippen molar-refractivity contribution >= 4 is 33.0 Å². The first-order valence-corrected chi connectivity index (χ1v) is 7.64. The average Bonchev–Trinajstić information content (AvgIpc) is 2.25. The maximum atomic E-state index is 12.8. The molecule has 0 spiro atoms. The van der Waals surface area contributed by atoms with E-state index in [0.717, 1.165) is 6.07 Å². The van der Waals surface area contributed by atoms with Crippen molar-refractivity contribution in [2.24, 2.45) is 0 Å². The van der Waals surface area contributed by atoms with Crippen molar-refractivity contribution in [3.63, 3.8) is 0 Å². The van der Waals surface area contributed by atoms with Gasteiger partial charge in [0, 0.05) is 11.0 Å². The van der Waals surface area contributed by atoms with Crippen LogP contribution in [0.5, 0.6) is 0 Å². The Kier molecular flexibility index (Phi) is 5.69. The van der Waals surface area contributed by atoms with Gasteiger partial charge in [-0.1, -0.05) is 22.0 Å². The largest absolute Gasteiger partial charge is 0.616 e. The van der Waals surface area contributed by atoms with Crippen LogP contribution in [0, 0.1) is 0 Å². The van der Waals surface area contributed by atoms with Gasteiger partial charge in [0.1, 0.15) is 0 Å². The highest BCUT2D eigenvalue weighted by atomic mass is 79.9. The molecule has 0 bridgehead atoms. The lowest BCUT2D eigenvalue weighted by Gasteiger charge is -2.14. The highest BCUT2D eigenvalue weighted by molar-refractivity contribution is 9.10. The summed E-state index contributed by atoms with van der Waals surface area (Å²) in [7, 11) is 0. The fraction of sp³-hybridized carbons (Fsp3) is 0.364. The van der Waals surface area contributed by atoms with Gasteiger partial charge in [0.05, 0.1) is 11.8 Å². The van der Waals surface area contributed by atoms with Crippen molar-refractivity contribution in [1.29, 1.82) is 0 Å². The Hall–Kier alpha value is -0.730. The summed E-state index contributed by atoms with van der Waals surface area (Å²) < 4.78 is 49.5. The van der Waals surface area contributed by atoms with E-state index in [1.807, 2.05) is 0 Å². The first kappa shape index (κ1) is 16.3. The number of alkyl halides is 3. The second kappa shape index (κ2) is 6.62. The second-order valence-corrected chi connectivity index (χ2v) is 6.14. The minimum Gasteiger partial charge on any atom is -0.616 e. The summed E-state index contributed by atoms with van der Waals surface area (Å²) in [5.41, 5.74) is -0.842. The molecule has 19 heavy (non-hydrogen) atoms. The fourth-order valence-corrected chi connectivity index (χ4v) is 2.23. The second-order valence-electron chi connectivity index (χ2n) is 3.79. The molecule has 3 nitrogen and oxygen atoms in total. The minimum atomic E-state index is -4.49. The smallest absolute Gasteiger partial charge is 0.416 e. The molecule has 0 aromatic heterocycles. The topological polar surface area (TPSA) is 52.2 Å². The Labute approximate surface area is 119 Å². The zero-order valence-corrected chi connectivity index (χ0v) is 12.3. The van der Waals surface area contributed by atoms with Gasteiger partial charge < -0.3 is 9.87 Å². The molecule has 0 saturated heterocycles. The standard InChI is InChI=1S/C11H11BrF3NO2S/c1-19(18)6-10(17)16-5-7-2-3-8(12)4-9(7)11(13,14)15/h2-4H,5-6H2,1H3,(H,16,17). The zero-order chi connectivity index (χ0) is 14.6. The quantitative estimate of drug-likeness (QED) is 0.841. The SMILES string of the molecule is C[S+]([O-])CC(=O)NCc1ccc(Br)cc1C(F)(F)F. The molecule has 1 aromatic rings. The number of amides is 1. The van der Waals surface area contributed by atoms with Crippen molar-refractivity contribution in [3.05, 3.63) is 33.8 Å². The van der Waals surface area contributed by atoms with Crippen LogP contribution in [0.1, 0.15) is 11.1 Å². The molecule has 1 amide bonds. The predicted molar refractivity (Wildman–Crippen MR) is 69.9 cm³/mol. The normalized spacial score (nSPS) is 13.2. The number of nitrogens with one attached hydrogen (secondary N) is 1. The summed E-state index contributed by atoms with van der Waals surface area (Å²) in [5.74, 6) is -0.769. The molecule has 106 valence electrons. The molecule has 0 saturated carbocycles. The van der Waals surface area contributed by atoms with E-state index >= 15 is 0 Å². The lowest BCUT2D eigenvalue weighted by Crippen LogP contribution is -2.30. The maximum Gasteiger partial charge on any atom is 0.416 e. The van der Waals surface area contributed by atoms with Crippen LogP contribution in [-0.4, -0.2) is 22.5 Å². The lowest BCUT2D eigenvalue weighted by atomic mass is 10.1. The Balaban J connectivity index is 2.81. The van der Waals surface area contributed by atoms with Crippen molar-refractivity contribution < 1.29 is 22.5 Å². The van der Waals surface area contributed by atoms with Crippen LogP contribution in [0.15, 0.2) is 22.7 Å². The van der Waals surface area contributed by atoms with Gasteiger partial charge in [-0.2, -0.15) is 13.2 Å². The van der Waals surface area contributed by atoms with E-state index in [-0.39, 0.29) is 17.9 Å². The van der Waals surface area contributed by atoms with Gasteiger partial charge in [0.2, 0.25) is 0 Å². The summed E-state index contributed by atoms with van der Waals surface area (Å²) in [5, 5.41) is 2.31. The monoisotopic (exact) mass is 357 g/mol. The first-order valence-electron chi connectivity index (χ1n) is 5.12. The summed E-state index contributed by atoms with van der Waals surface area (Å²) in [6.45, 7) is -0.252. The molecule has 1 rings (SSSR count). The van der Waals surface area contributed by atoms with E-state index in [4.69, 9.17) is 0 Å². The van der Waals surface area contributed by atoms with E-state index in [2.05, 4.69) is 21.2 Å². The molecule has 1 atom stereocenters. The van der Waals surface area contributed by atoms with Crippen LogP contribution < -0.4 is 5.32 Å². The van der Waals surface area contributed by atoms with E-state index in [9.17, 15) is 22.5 Å². The number of carbonyl (C=O) groups is 1. The third-order valence-corrected chi connectivity index (χ3v) is 3.35. The van der Waals surface area contributed by atoms with Crippen LogP contribution in [-0.2, 0) is 28.7 Å². The van der Waals surface area contributed by atoms with Crippen molar-refractivity contribution in [1.82, 2.24) is 5.32 Å². The maximum absolute atomic E-state index is 12.8. The number of carbonyl (C=O) groups excluding carboxylic acids is 1. The van der Waals surface area contributed by atoms with Crippen LogP contribution in [0.3, 0.4) is 0 Å². The number of hydrogen-bond acceptors (Lipinski definition) is 2. The van der Waals surface area contributed by atoms with Gasteiger partial charge in [0.15, 0.2) is 5.75 Å². The molecule has 0 fully saturated rings. The summed E-state index contributed by atoms with van der Waals surface area (Å²) >= 11 is 1.65. The lowest BCUT2D eigenvalue weighted by molar-refractivity contribution is -0.138. The third kappa shape index (κ3) is 5.42. The van der Waals surface area contributed by atoms with Crippen LogP contribution in [0.4, 0.5) is 13.2 Å². The molecule has 0 heterocycles. The molecule has 1 N–H and O–H groups in total. The molecule has 1 unspecified atom stereocenters. The average molecular weight is 358 g/mol. The molecule has 0 aliphatic rings. The highest BCUT2D eigenvalue weighted by Gasteiger charge is 2.33. The van der Waals surface area contributed by atoms with E-state index in [1.165, 1.54) is 18.4 Å². The van der Waals surface area contributed by atoms with Crippen LogP contribution >= 0.6 is 15.9 Å². The van der Waals surface area contributed by atoms with Crippen molar-refractivity contribution in [3.8, 4) is 0 Å². The zero-order valence-electron chi connectivity index (χ0n) is 9.88. The van der Waals surface area contributed by atoms with Gasteiger partial charge in [0.25, 0.3) is 5.91 Å². The predicted octanol–water partition coefficient (Wildman–Crippen LogP) is 2.46. The third-order valence-electron chi connectivity index (χ3n) is 2.19. The highest BCUT2D eigenvalue weighted by Crippen LogP contribution is 2.33. The molecule has 0 aliphatic carbocycles. The number of benzene rings is 1. The van der Waals surface area contributed by atoms with E-state index < -0.39 is 28.8 Å². The Morgan fingerprint density at radius 3 is 2.63 bits per heavy atom. The number of halogens is 4.